The predicted molar refractivity (Wildman–Crippen MR) is 58.6 cm³/mol. The lowest BCUT2D eigenvalue weighted by molar-refractivity contribution is -0.777. The van der Waals surface area contributed by atoms with E-state index in [9.17, 15) is 28.3 Å². The average molecular weight is 319 g/mol. The molecule has 6 nitrogen and oxygen atoms in total. The number of aliphatic hydroxyl groups excluding tert-OH is 1. The van der Waals surface area contributed by atoms with Crippen LogP contribution < -0.4 is 5.26 Å². The molecule has 1 rings (SSSR count). The van der Waals surface area contributed by atoms with Crippen molar-refractivity contribution >= 4 is 18.0 Å². The highest BCUT2D eigenvalue weighted by Crippen LogP contribution is 2.43. The smallest absolute Gasteiger partial charge is 0.415 e. The van der Waals surface area contributed by atoms with Gasteiger partial charge in [0.05, 0.1) is 18.1 Å². The topological polar surface area (TPSA) is 88.0 Å². The molecule has 0 aromatic rings. The molecule has 10 heteroatoms. The second-order valence-electron chi connectivity index (χ2n) is 4.55. The van der Waals surface area contributed by atoms with Crippen LogP contribution >= 0.6 is 12.0 Å². The molecule has 0 bridgehead atoms. The molecule has 1 aliphatic carbocycles. The van der Waals surface area contributed by atoms with Crippen molar-refractivity contribution in [3.63, 3.8) is 0 Å². The van der Waals surface area contributed by atoms with Crippen molar-refractivity contribution in [2.75, 3.05) is 0 Å². The number of halogens is 3. The standard InChI is InChI=1S/C10H15F3O6S/c1-9(10(11,12)13,20-19-18-16)8(15)17-7-5-3-2-4-6(7)14/h6-7,14,16H,2-5H2,1H3/p-1. The SMILES string of the molecule is CC(SOO[O-])(C(=O)OC1CCCCC1O)C(F)(F)F. The summed E-state index contributed by atoms with van der Waals surface area (Å²) in [5.74, 6) is -1.64. The maximum atomic E-state index is 12.9. The molecule has 0 saturated heterocycles. The van der Waals surface area contributed by atoms with Crippen molar-refractivity contribution in [3.8, 4) is 0 Å². The fraction of sp³-hybridized carbons (Fsp3) is 0.900. The quantitative estimate of drug-likeness (QED) is 0.350. The normalized spacial score (nSPS) is 26.9. The van der Waals surface area contributed by atoms with E-state index < -0.39 is 41.1 Å². The molecule has 0 amide bonds. The van der Waals surface area contributed by atoms with E-state index in [2.05, 4.69) is 9.37 Å². The van der Waals surface area contributed by atoms with Crippen molar-refractivity contribution in [2.24, 2.45) is 0 Å². The minimum Gasteiger partial charge on any atom is -0.691 e. The number of ether oxygens (including phenoxy) is 1. The van der Waals surface area contributed by atoms with Gasteiger partial charge in [0.15, 0.2) is 0 Å². The van der Waals surface area contributed by atoms with Crippen LogP contribution in [0, 0.1) is 0 Å². The third kappa shape index (κ3) is 3.98. The summed E-state index contributed by atoms with van der Waals surface area (Å²) < 4.78 is 44.0. The second-order valence-corrected chi connectivity index (χ2v) is 5.67. The van der Waals surface area contributed by atoms with Crippen LogP contribution in [-0.4, -0.2) is 34.2 Å². The van der Waals surface area contributed by atoms with Gasteiger partial charge in [-0.2, -0.15) is 17.5 Å². The minimum absolute atomic E-state index is 0.282. The van der Waals surface area contributed by atoms with Crippen molar-refractivity contribution in [1.29, 1.82) is 0 Å². The molecule has 0 spiro atoms. The van der Waals surface area contributed by atoms with E-state index in [1.54, 1.807) is 0 Å². The van der Waals surface area contributed by atoms with Crippen LogP contribution in [0.3, 0.4) is 0 Å². The molecule has 1 saturated carbocycles. The summed E-state index contributed by atoms with van der Waals surface area (Å²) in [6, 6.07) is 0. The summed E-state index contributed by atoms with van der Waals surface area (Å²) >= 11 is -0.487. The Labute approximate surface area is 117 Å². The largest absolute Gasteiger partial charge is 0.691 e. The van der Waals surface area contributed by atoms with Gasteiger partial charge in [-0.1, -0.05) is 6.42 Å². The highest BCUT2D eigenvalue weighted by Gasteiger charge is 2.61. The van der Waals surface area contributed by atoms with Gasteiger partial charge in [-0.15, -0.1) is 0 Å². The van der Waals surface area contributed by atoms with Gasteiger partial charge in [-0.25, -0.2) is 0 Å². The van der Waals surface area contributed by atoms with Crippen LogP contribution in [0.1, 0.15) is 32.6 Å². The maximum absolute atomic E-state index is 12.9. The molecule has 3 unspecified atom stereocenters. The first-order chi connectivity index (χ1) is 9.22. The Balaban J connectivity index is 2.77. The molecule has 0 aromatic heterocycles. The third-order valence-electron chi connectivity index (χ3n) is 3.09. The lowest BCUT2D eigenvalue weighted by Crippen LogP contribution is -2.50. The first kappa shape index (κ1) is 17.5. The maximum Gasteiger partial charge on any atom is 0.415 e. The van der Waals surface area contributed by atoms with Gasteiger partial charge in [0, 0.05) is 0 Å². The number of hydrogen-bond donors (Lipinski definition) is 1. The number of carbonyl (C=O) groups excluding carboxylic acids is 1. The number of carbonyl (C=O) groups is 1. The van der Waals surface area contributed by atoms with E-state index >= 15 is 0 Å². The summed E-state index contributed by atoms with van der Waals surface area (Å²) in [5, 5.41) is 22.1. The zero-order valence-corrected chi connectivity index (χ0v) is 11.3. The second kappa shape index (κ2) is 6.94. The Morgan fingerprint density at radius 3 is 2.45 bits per heavy atom. The first-order valence-corrected chi connectivity index (χ1v) is 6.56. The van der Waals surface area contributed by atoms with Crippen molar-refractivity contribution in [1.82, 2.24) is 0 Å². The van der Waals surface area contributed by atoms with Crippen molar-refractivity contribution < 1.29 is 42.4 Å². The number of esters is 1. The average Bonchev–Trinajstić information content (AvgIpc) is 2.37. The van der Waals surface area contributed by atoms with Gasteiger partial charge in [0.2, 0.25) is 4.75 Å². The Morgan fingerprint density at radius 2 is 1.95 bits per heavy atom. The zero-order valence-electron chi connectivity index (χ0n) is 10.5. The summed E-state index contributed by atoms with van der Waals surface area (Å²) in [4.78, 5) is 11.7. The van der Waals surface area contributed by atoms with Crippen LogP contribution in [0.2, 0.25) is 0 Å². The van der Waals surface area contributed by atoms with Crippen LogP contribution in [-0.2, 0) is 18.9 Å². The van der Waals surface area contributed by atoms with E-state index in [1.165, 1.54) is 0 Å². The molecule has 1 fully saturated rings. The van der Waals surface area contributed by atoms with E-state index in [0.717, 1.165) is 0 Å². The number of aliphatic hydroxyl groups is 1. The molecule has 1 aliphatic rings. The van der Waals surface area contributed by atoms with Gasteiger partial charge in [-0.3, -0.25) is 9.83 Å². The number of rotatable bonds is 5. The Hall–Kier alpha value is -0.550. The van der Waals surface area contributed by atoms with E-state index in [0.29, 0.717) is 26.2 Å². The van der Waals surface area contributed by atoms with Crippen molar-refractivity contribution in [2.45, 2.75) is 55.7 Å². The molecule has 3 atom stereocenters. The van der Waals surface area contributed by atoms with Gasteiger partial charge < -0.3 is 15.1 Å². The molecule has 0 heterocycles. The molecule has 0 radical (unpaired) electrons. The lowest BCUT2D eigenvalue weighted by atomic mass is 9.94. The van der Waals surface area contributed by atoms with Crippen LogP contribution in [0.15, 0.2) is 0 Å². The summed E-state index contributed by atoms with van der Waals surface area (Å²) in [7, 11) is 0. The zero-order chi connectivity index (χ0) is 15.4. The molecule has 0 aromatic carbocycles. The number of alkyl halides is 3. The van der Waals surface area contributed by atoms with E-state index in [4.69, 9.17) is 4.74 Å². The molecule has 1 N–H and O–H groups in total. The molecular weight excluding hydrogens is 305 g/mol. The summed E-state index contributed by atoms with van der Waals surface area (Å²) in [6.45, 7) is 0.508. The molecule has 118 valence electrons. The van der Waals surface area contributed by atoms with Crippen LogP contribution in [0.25, 0.3) is 0 Å². The van der Waals surface area contributed by atoms with Gasteiger partial charge in [-0.05, 0) is 26.2 Å². The fourth-order valence-corrected chi connectivity index (χ4v) is 2.12. The Kier molecular flexibility index (Phi) is 6.07. The predicted octanol–water partition coefficient (Wildman–Crippen LogP) is 1.03. The van der Waals surface area contributed by atoms with Crippen LogP contribution in [0.5, 0.6) is 0 Å². The van der Waals surface area contributed by atoms with E-state index in [1.807, 2.05) is 0 Å². The fourth-order valence-electron chi connectivity index (χ4n) is 1.74. The summed E-state index contributed by atoms with van der Waals surface area (Å²) in [6.07, 6.45) is -5.01. The monoisotopic (exact) mass is 319 g/mol. The molecular formula is C10H14F3O6S-. The highest BCUT2D eigenvalue weighted by atomic mass is 32.2. The Morgan fingerprint density at radius 1 is 1.35 bits per heavy atom. The van der Waals surface area contributed by atoms with Gasteiger partial charge in [0.1, 0.15) is 6.10 Å². The van der Waals surface area contributed by atoms with Crippen LogP contribution in [0.4, 0.5) is 13.2 Å². The lowest BCUT2D eigenvalue weighted by Gasteiger charge is -2.32. The first-order valence-electron chi connectivity index (χ1n) is 5.82. The summed E-state index contributed by atoms with van der Waals surface area (Å²) in [5.41, 5.74) is 0. The van der Waals surface area contributed by atoms with Gasteiger partial charge in [0.25, 0.3) is 0 Å². The van der Waals surface area contributed by atoms with Gasteiger partial charge >= 0.3 is 12.1 Å². The Bertz CT molecular complexity index is 339. The molecule has 0 aliphatic heterocycles. The minimum atomic E-state index is -5.02. The van der Waals surface area contributed by atoms with E-state index in [-0.39, 0.29) is 6.42 Å². The van der Waals surface area contributed by atoms with Crippen molar-refractivity contribution in [3.05, 3.63) is 0 Å². The number of hydrogen-bond acceptors (Lipinski definition) is 7. The third-order valence-corrected chi connectivity index (χ3v) is 3.94. The molecule has 20 heavy (non-hydrogen) atoms. The highest BCUT2D eigenvalue weighted by molar-refractivity contribution is 7.96.